The van der Waals surface area contributed by atoms with Crippen molar-refractivity contribution in [3.63, 3.8) is 0 Å². The van der Waals surface area contributed by atoms with Crippen molar-refractivity contribution in [1.82, 2.24) is 10.6 Å². The van der Waals surface area contributed by atoms with Crippen LogP contribution in [0.3, 0.4) is 0 Å². The molecule has 1 aromatic rings. The molecular formula is C16H23N3O2. The van der Waals surface area contributed by atoms with Gasteiger partial charge in [-0.3, -0.25) is 9.59 Å². The van der Waals surface area contributed by atoms with Gasteiger partial charge in [-0.1, -0.05) is 26.0 Å². The van der Waals surface area contributed by atoms with E-state index in [0.717, 1.165) is 30.6 Å². The molecule has 3 N–H and O–H groups in total. The van der Waals surface area contributed by atoms with Gasteiger partial charge in [0.1, 0.15) is 0 Å². The first-order valence-electron chi connectivity index (χ1n) is 7.47. The van der Waals surface area contributed by atoms with Crippen LogP contribution in [0.1, 0.15) is 32.3 Å². The predicted molar refractivity (Wildman–Crippen MR) is 82.8 cm³/mol. The fourth-order valence-corrected chi connectivity index (χ4v) is 2.21. The Balaban J connectivity index is 1.82. The molecule has 1 atom stereocenters. The maximum absolute atomic E-state index is 11.9. The molecule has 0 bridgehead atoms. The first-order valence-corrected chi connectivity index (χ1v) is 7.47. The van der Waals surface area contributed by atoms with Crippen molar-refractivity contribution in [2.45, 2.75) is 39.3 Å². The second-order valence-electron chi connectivity index (χ2n) is 5.71. The van der Waals surface area contributed by atoms with E-state index in [4.69, 9.17) is 0 Å². The summed E-state index contributed by atoms with van der Waals surface area (Å²) in [5.74, 6) is 0.0240. The van der Waals surface area contributed by atoms with Crippen molar-refractivity contribution in [3.05, 3.63) is 29.8 Å². The number of rotatable bonds is 5. The van der Waals surface area contributed by atoms with Crippen molar-refractivity contribution in [2.24, 2.45) is 5.92 Å². The lowest BCUT2D eigenvalue weighted by Gasteiger charge is -2.12. The first kappa shape index (κ1) is 15.5. The van der Waals surface area contributed by atoms with Crippen LogP contribution in [0.15, 0.2) is 24.3 Å². The highest BCUT2D eigenvalue weighted by molar-refractivity contribution is 5.92. The Morgan fingerprint density at radius 3 is 2.57 bits per heavy atom. The number of amides is 2. The first-order chi connectivity index (χ1) is 10.1. The van der Waals surface area contributed by atoms with E-state index in [9.17, 15) is 9.59 Å². The Morgan fingerprint density at radius 1 is 1.29 bits per heavy atom. The summed E-state index contributed by atoms with van der Waals surface area (Å²) in [4.78, 5) is 23.5. The van der Waals surface area contributed by atoms with Gasteiger partial charge in [-0.15, -0.1) is 0 Å². The van der Waals surface area contributed by atoms with E-state index in [-0.39, 0.29) is 23.8 Å². The molecule has 1 aromatic carbocycles. The van der Waals surface area contributed by atoms with Gasteiger partial charge in [0, 0.05) is 18.2 Å². The minimum atomic E-state index is -0.0467. The fraction of sp³-hybridized carbons (Fsp3) is 0.500. The number of anilines is 1. The second kappa shape index (κ2) is 7.22. The van der Waals surface area contributed by atoms with Crippen molar-refractivity contribution >= 4 is 17.5 Å². The molecule has 0 aromatic heterocycles. The highest BCUT2D eigenvalue weighted by atomic mass is 16.2. The van der Waals surface area contributed by atoms with Gasteiger partial charge in [0.25, 0.3) is 0 Å². The smallest absolute Gasteiger partial charge is 0.237 e. The van der Waals surface area contributed by atoms with E-state index in [0.29, 0.717) is 6.54 Å². The van der Waals surface area contributed by atoms with Crippen LogP contribution in [0, 0.1) is 5.92 Å². The molecule has 1 aliphatic rings. The van der Waals surface area contributed by atoms with Gasteiger partial charge in [0.05, 0.1) is 6.04 Å². The molecule has 1 aliphatic heterocycles. The summed E-state index contributed by atoms with van der Waals surface area (Å²) in [6.07, 6.45) is 1.97. The van der Waals surface area contributed by atoms with E-state index in [1.54, 1.807) is 0 Å². The fourth-order valence-electron chi connectivity index (χ4n) is 2.21. The van der Waals surface area contributed by atoms with E-state index in [1.165, 1.54) is 0 Å². The van der Waals surface area contributed by atoms with Crippen LogP contribution in [0.25, 0.3) is 0 Å². The van der Waals surface area contributed by atoms with Gasteiger partial charge < -0.3 is 16.0 Å². The normalized spacial score (nSPS) is 17.8. The van der Waals surface area contributed by atoms with Gasteiger partial charge >= 0.3 is 0 Å². The number of hydrogen-bond donors (Lipinski definition) is 3. The number of benzene rings is 1. The zero-order valence-corrected chi connectivity index (χ0v) is 12.6. The summed E-state index contributed by atoms with van der Waals surface area (Å²) in [5, 5.41) is 8.95. The highest BCUT2D eigenvalue weighted by Gasteiger charge is 2.21. The summed E-state index contributed by atoms with van der Waals surface area (Å²) >= 11 is 0. The Bertz CT molecular complexity index is 491. The molecular weight excluding hydrogens is 266 g/mol. The molecule has 0 aliphatic carbocycles. The van der Waals surface area contributed by atoms with Gasteiger partial charge in [-0.25, -0.2) is 0 Å². The van der Waals surface area contributed by atoms with E-state index in [1.807, 2.05) is 38.1 Å². The lowest BCUT2D eigenvalue weighted by molar-refractivity contribution is -0.123. The number of carbonyl (C=O) groups excluding carboxylic acids is 2. The summed E-state index contributed by atoms with van der Waals surface area (Å²) in [6.45, 7) is 5.14. The lowest BCUT2D eigenvalue weighted by Crippen LogP contribution is -2.39. The lowest BCUT2D eigenvalue weighted by atomic mass is 10.1. The quantitative estimate of drug-likeness (QED) is 0.772. The highest BCUT2D eigenvalue weighted by Crippen LogP contribution is 2.11. The average molecular weight is 289 g/mol. The second-order valence-corrected chi connectivity index (χ2v) is 5.71. The molecule has 114 valence electrons. The van der Waals surface area contributed by atoms with Crippen LogP contribution in [-0.2, 0) is 16.1 Å². The van der Waals surface area contributed by atoms with E-state index >= 15 is 0 Å². The van der Waals surface area contributed by atoms with Gasteiger partial charge in [0.15, 0.2) is 0 Å². The minimum Gasteiger partial charge on any atom is -0.351 e. The van der Waals surface area contributed by atoms with E-state index < -0.39 is 0 Å². The molecule has 0 radical (unpaired) electrons. The van der Waals surface area contributed by atoms with E-state index in [2.05, 4.69) is 16.0 Å². The van der Waals surface area contributed by atoms with Gasteiger partial charge in [-0.2, -0.15) is 0 Å². The Kier molecular flexibility index (Phi) is 5.33. The SMILES string of the molecule is CC(C)C(=O)Nc1ccc(CNC(=O)[C@H]2CCCN2)cc1. The third-order valence-corrected chi connectivity index (χ3v) is 3.59. The summed E-state index contributed by atoms with van der Waals surface area (Å²) in [5.41, 5.74) is 1.80. The largest absolute Gasteiger partial charge is 0.351 e. The third-order valence-electron chi connectivity index (χ3n) is 3.59. The average Bonchev–Trinajstić information content (AvgIpc) is 3.00. The van der Waals surface area contributed by atoms with Crippen molar-refractivity contribution in [2.75, 3.05) is 11.9 Å². The summed E-state index contributed by atoms with van der Waals surface area (Å²) in [6, 6.07) is 7.50. The maximum Gasteiger partial charge on any atom is 0.237 e. The van der Waals surface area contributed by atoms with Crippen molar-refractivity contribution < 1.29 is 9.59 Å². The molecule has 2 amide bonds. The Labute approximate surface area is 125 Å². The standard InChI is InChI=1S/C16H23N3O2/c1-11(2)15(20)19-13-7-5-12(6-8-13)10-18-16(21)14-4-3-9-17-14/h5-8,11,14,17H,3-4,9-10H2,1-2H3,(H,18,21)(H,19,20)/t14-/m1/s1. The zero-order valence-electron chi connectivity index (χ0n) is 12.6. The molecule has 2 rings (SSSR count). The summed E-state index contributed by atoms with van der Waals surface area (Å²) < 4.78 is 0. The number of hydrogen-bond acceptors (Lipinski definition) is 3. The molecule has 5 nitrogen and oxygen atoms in total. The van der Waals surface area contributed by atoms with Crippen LogP contribution >= 0.6 is 0 Å². The number of nitrogens with one attached hydrogen (secondary N) is 3. The van der Waals surface area contributed by atoms with Crippen LogP contribution in [0.4, 0.5) is 5.69 Å². The van der Waals surface area contributed by atoms with Crippen LogP contribution in [0.5, 0.6) is 0 Å². The minimum absolute atomic E-state index is 0.00311. The molecule has 0 unspecified atom stereocenters. The molecule has 1 saturated heterocycles. The van der Waals surface area contributed by atoms with Crippen LogP contribution < -0.4 is 16.0 Å². The molecule has 0 saturated carbocycles. The van der Waals surface area contributed by atoms with Crippen molar-refractivity contribution in [1.29, 1.82) is 0 Å². The Morgan fingerprint density at radius 2 is 2.00 bits per heavy atom. The number of carbonyl (C=O) groups is 2. The summed E-state index contributed by atoms with van der Waals surface area (Å²) in [7, 11) is 0. The molecule has 5 heteroatoms. The maximum atomic E-state index is 11.9. The van der Waals surface area contributed by atoms with Crippen LogP contribution in [0.2, 0.25) is 0 Å². The molecule has 1 heterocycles. The molecule has 1 fully saturated rings. The Hall–Kier alpha value is -1.88. The monoisotopic (exact) mass is 289 g/mol. The van der Waals surface area contributed by atoms with Crippen LogP contribution in [-0.4, -0.2) is 24.4 Å². The predicted octanol–water partition coefficient (Wildman–Crippen LogP) is 1.65. The third kappa shape index (κ3) is 4.56. The van der Waals surface area contributed by atoms with Gasteiger partial charge in [0.2, 0.25) is 11.8 Å². The van der Waals surface area contributed by atoms with Crippen molar-refractivity contribution in [3.8, 4) is 0 Å². The zero-order chi connectivity index (χ0) is 15.2. The van der Waals surface area contributed by atoms with Gasteiger partial charge in [-0.05, 0) is 37.1 Å². The molecule has 21 heavy (non-hydrogen) atoms. The molecule has 0 spiro atoms. The topological polar surface area (TPSA) is 70.2 Å².